The highest BCUT2D eigenvalue weighted by Crippen LogP contribution is 2.36. The van der Waals surface area contributed by atoms with Crippen molar-refractivity contribution in [3.8, 4) is 6.01 Å². The van der Waals surface area contributed by atoms with Crippen LogP contribution in [0.4, 0.5) is 0 Å². The van der Waals surface area contributed by atoms with Gasteiger partial charge in [-0.2, -0.15) is 4.98 Å². The summed E-state index contributed by atoms with van der Waals surface area (Å²) in [6.07, 6.45) is 2.37. The molecule has 0 aromatic carbocycles. The van der Waals surface area contributed by atoms with E-state index in [1.54, 1.807) is 24.8 Å². The topological polar surface area (TPSA) is 108 Å². The van der Waals surface area contributed by atoms with Crippen molar-refractivity contribution in [2.75, 3.05) is 13.7 Å². The summed E-state index contributed by atoms with van der Waals surface area (Å²) >= 11 is 0. The van der Waals surface area contributed by atoms with Gasteiger partial charge in [-0.15, -0.1) is 0 Å². The average Bonchev–Trinajstić information content (AvgIpc) is 3.35. The second kappa shape index (κ2) is 7.67. The summed E-state index contributed by atoms with van der Waals surface area (Å²) in [6, 6.07) is 2.15. The van der Waals surface area contributed by atoms with Gasteiger partial charge in [0.1, 0.15) is 18.4 Å². The van der Waals surface area contributed by atoms with Gasteiger partial charge in [0.15, 0.2) is 0 Å². The second-order valence-electron chi connectivity index (χ2n) is 7.28. The molecule has 0 unspecified atom stereocenters. The van der Waals surface area contributed by atoms with Crippen LogP contribution in [0.5, 0.6) is 6.01 Å². The van der Waals surface area contributed by atoms with Gasteiger partial charge in [-0.3, -0.25) is 9.36 Å². The number of nitrogens with zero attached hydrogens (tertiary/aromatic N) is 3. The Hall–Kier alpha value is -2.20. The number of hydrogen-bond acceptors (Lipinski definition) is 7. The van der Waals surface area contributed by atoms with Crippen molar-refractivity contribution in [1.82, 2.24) is 14.1 Å². The minimum absolute atomic E-state index is 0.148. The number of methoxy groups -OCH3 is 1. The number of aromatic nitrogens is 3. The minimum Gasteiger partial charge on any atom is -0.455 e. The second-order valence-corrected chi connectivity index (χ2v) is 7.28. The third-order valence-corrected chi connectivity index (χ3v) is 5.36. The molecular formula is C19H25N3O6. The van der Waals surface area contributed by atoms with Crippen molar-refractivity contribution >= 4 is 0 Å². The number of rotatable bonds is 6. The summed E-state index contributed by atoms with van der Waals surface area (Å²) in [6.45, 7) is 2.68. The van der Waals surface area contributed by atoms with Crippen LogP contribution < -0.4 is 10.3 Å². The van der Waals surface area contributed by atoms with Gasteiger partial charge in [0, 0.05) is 50.0 Å². The van der Waals surface area contributed by atoms with Crippen LogP contribution in [-0.2, 0) is 22.6 Å². The van der Waals surface area contributed by atoms with Crippen LogP contribution in [0, 0.1) is 6.92 Å². The van der Waals surface area contributed by atoms with Crippen molar-refractivity contribution in [3.63, 3.8) is 0 Å². The summed E-state index contributed by atoms with van der Waals surface area (Å²) in [7, 11) is 1.65. The molecule has 0 spiro atoms. The first-order chi connectivity index (χ1) is 13.5. The maximum absolute atomic E-state index is 12.2. The standard InChI is InChI=1S/C19H25N3O6/c1-11-8-22(16-7-13(24)15(9-23)27-16)19(20-18(11)25)28-14-4-6-21-5-3-12(10-26-2)17(14)21/h3,5,8,13-16,23-24H,4,6-7,9-10H2,1-2H3/t13-,14+,15+,16+/m0/s1. The highest BCUT2D eigenvalue weighted by Gasteiger charge is 2.36. The smallest absolute Gasteiger partial charge is 0.302 e. The molecule has 0 amide bonds. The van der Waals surface area contributed by atoms with E-state index >= 15 is 0 Å². The van der Waals surface area contributed by atoms with E-state index in [2.05, 4.69) is 9.55 Å². The molecule has 28 heavy (non-hydrogen) atoms. The number of ether oxygens (including phenoxy) is 3. The van der Waals surface area contributed by atoms with Crippen LogP contribution in [0.15, 0.2) is 23.3 Å². The fourth-order valence-electron chi connectivity index (χ4n) is 3.92. The average molecular weight is 391 g/mol. The summed E-state index contributed by atoms with van der Waals surface area (Å²) in [5.74, 6) is 0. The van der Waals surface area contributed by atoms with Crippen LogP contribution in [0.2, 0.25) is 0 Å². The van der Waals surface area contributed by atoms with Crippen LogP contribution in [0.3, 0.4) is 0 Å². The molecular weight excluding hydrogens is 366 g/mol. The first-order valence-corrected chi connectivity index (χ1v) is 9.39. The van der Waals surface area contributed by atoms with Gasteiger partial charge in [0.25, 0.3) is 5.56 Å². The molecule has 1 fully saturated rings. The highest BCUT2D eigenvalue weighted by atomic mass is 16.6. The van der Waals surface area contributed by atoms with E-state index in [1.165, 1.54) is 0 Å². The zero-order valence-electron chi connectivity index (χ0n) is 15.9. The van der Waals surface area contributed by atoms with Crippen LogP contribution in [-0.4, -0.2) is 50.3 Å². The third-order valence-electron chi connectivity index (χ3n) is 5.36. The fraction of sp³-hybridized carbons (Fsp3) is 0.579. The summed E-state index contributed by atoms with van der Waals surface area (Å²) in [5, 5.41) is 19.4. The molecule has 4 rings (SSSR count). The van der Waals surface area contributed by atoms with Crippen molar-refractivity contribution in [2.24, 2.45) is 0 Å². The van der Waals surface area contributed by atoms with E-state index in [9.17, 15) is 15.0 Å². The molecule has 2 aliphatic heterocycles. The lowest BCUT2D eigenvalue weighted by molar-refractivity contribution is -0.0485. The van der Waals surface area contributed by atoms with Gasteiger partial charge in [0.05, 0.1) is 25.0 Å². The third kappa shape index (κ3) is 3.35. The van der Waals surface area contributed by atoms with Crippen molar-refractivity contribution in [3.05, 3.63) is 45.6 Å². The SMILES string of the molecule is COCc1ccn2c1[C@H](Oc1nc(=O)c(C)cn1[C@H]1C[C@H](O)[C@@H](CO)O1)CC2. The normalized spacial score (nSPS) is 26.6. The zero-order chi connectivity index (χ0) is 19.8. The Morgan fingerprint density at radius 3 is 2.96 bits per heavy atom. The van der Waals surface area contributed by atoms with E-state index in [0.29, 0.717) is 12.2 Å². The molecule has 2 aliphatic rings. The first kappa shape index (κ1) is 19.1. The van der Waals surface area contributed by atoms with Gasteiger partial charge in [0.2, 0.25) is 0 Å². The molecule has 0 radical (unpaired) electrons. The largest absolute Gasteiger partial charge is 0.455 e. The van der Waals surface area contributed by atoms with E-state index in [0.717, 1.165) is 24.2 Å². The number of fused-ring (bicyclic) bond motifs is 1. The molecule has 0 aliphatic carbocycles. The molecule has 4 heterocycles. The van der Waals surface area contributed by atoms with E-state index in [1.807, 2.05) is 12.3 Å². The monoisotopic (exact) mass is 391 g/mol. The molecule has 2 aromatic rings. The molecule has 9 nitrogen and oxygen atoms in total. The number of hydrogen-bond donors (Lipinski definition) is 2. The molecule has 0 bridgehead atoms. The van der Waals surface area contributed by atoms with Crippen LogP contribution in [0.1, 0.15) is 42.0 Å². The van der Waals surface area contributed by atoms with Crippen LogP contribution >= 0.6 is 0 Å². The minimum atomic E-state index is -0.792. The molecule has 1 saturated heterocycles. The maximum Gasteiger partial charge on any atom is 0.302 e. The molecule has 2 N–H and O–H groups in total. The van der Waals surface area contributed by atoms with E-state index < -0.39 is 18.4 Å². The summed E-state index contributed by atoms with van der Waals surface area (Å²) in [5.41, 5.74) is 2.14. The summed E-state index contributed by atoms with van der Waals surface area (Å²) in [4.78, 5) is 16.3. The maximum atomic E-state index is 12.2. The molecule has 0 saturated carbocycles. The van der Waals surface area contributed by atoms with Gasteiger partial charge in [-0.25, -0.2) is 0 Å². The van der Waals surface area contributed by atoms with Gasteiger partial charge in [-0.05, 0) is 13.0 Å². The molecule has 4 atom stereocenters. The molecule has 152 valence electrons. The number of aryl methyl sites for hydroxylation is 2. The fourth-order valence-corrected chi connectivity index (χ4v) is 3.92. The Morgan fingerprint density at radius 1 is 1.43 bits per heavy atom. The van der Waals surface area contributed by atoms with Gasteiger partial charge < -0.3 is 29.0 Å². The molecule has 2 aromatic heterocycles. The Labute approximate surface area is 162 Å². The Kier molecular flexibility index (Phi) is 5.24. The Bertz CT molecular complexity index is 908. The predicted octanol–water partition coefficient (Wildman–Crippen LogP) is 0.664. The molecule has 9 heteroatoms. The Balaban J connectivity index is 1.65. The highest BCUT2D eigenvalue weighted by molar-refractivity contribution is 5.27. The van der Waals surface area contributed by atoms with Crippen molar-refractivity contribution in [2.45, 2.75) is 57.5 Å². The lowest BCUT2D eigenvalue weighted by Gasteiger charge is -2.22. The Morgan fingerprint density at radius 2 is 2.25 bits per heavy atom. The van der Waals surface area contributed by atoms with Crippen LogP contribution in [0.25, 0.3) is 0 Å². The van der Waals surface area contributed by atoms with E-state index in [-0.39, 0.29) is 30.7 Å². The lowest BCUT2D eigenvalue weighted by Crippen LogP contribution is -2.25. The van der Waals surface area contributed by atoms with Crippen molar-refractivity contribution in [1.29, 1.82) is 0 Å². The van der Waals surface area contributed by atoms with Gasteiger partial charge >= 0.3 is 6.01 Å². The quantitative estimate of drug-likeness (QED) is 0.745. The van der Waals surface area contributed by atoms with Crippen molar-refractivity contribution < 1.29 is 24.4 Å². The van der Waals surface area contributed by atoms with E-state index in [4.69, 9.17) is 14.2 Å². The lowest BCUT2D eigenvalue weighted by atomic mass is 10.1. The number of aliphatic hydroxyl groups excluding tert-OH is 2. The zero-order valence-corrected chi connectivity index (χ0v) is 15.9. The first-order valence-electron chi connectivity index (χ1n) is 9.39. The number of aliphatic hydroxyl groups is 2. The van der Waals surface area contributed by atoms with Gasteiger partial charge in [-0.1, -0.05) is 0 Å². The summed E-state index contributed by atoms with van der Waals surface area (Å²) < 4.78 is 21.0. The predicted molar refractivity (Wildman–Crippen MR) is 98.0 cm³/mol.